The van der Waals surface area contributed by atoms with Crippen molar-refractivity contribution in [3.8, 4) is 11.3 Å². The van der Waals surface area contributed by atoms with Gasteiger partial charge in [-0.2, -0.15) is 10.2 Å². The van der Waals surface area contributed by atoms with Gasteiger partial charge in [0.2, 0.25) is 5.91 Å². The molecule has 0 N–H and O–H groups in total. The average molecular weight is 359 g/mol. The molecule has 136 valence electrons. The number of likely N-dealkylation sites (tertiary alicyclic amines) is 2. The summed E-state index contributed by atoms with van der Waals surface area (Å²) in [7, 11) is 2.14. The molecule has 2 aliphatic rings. The van der Waals surface area contributed by atoms with Crippen LogP contribution in [0.2, 0.25) is 0 Å². The second-order valence-corrected chi connectivity index (χ2v) is 7.55. The van der Waals surface area contributed by atoms with Crippen molar-refractivity contribution in [2.45, 2.75) is 24.9 Å². The molecule has 27 heavy (non-hydrogen) atoms. The number of hydrogen-bond donors (Lipinski definition) is 0. The zero-order valence-electron chi connectivity index (χ0n) is 15.2. The van der Waals surface area contributed by atoms with Crippen LogP contribution >= 0.6 is 0 Å². The van der Waals surface area contributed by atoms with E-state index >= 15 is 0 Å². The van der Waals surface area contributed by atoms with Crippen LogP contribution in [-0.2, 0) is 11.2 Å². The Morgan fingerprint density at radius 3 is 2.81 bits per heavy atom. The SMILES string of the molecule is CN1C[C@@H]2C[C@H]1CN2C(=O)Cc1cc2cc(-c3cccnn3)ccc2cn1. The van der Waals surface area contributed by atoms with E-state index in [1.54, 1.807) is 6.20 Å². The molecule has 0 radical (unpaired) electrons. The van der Waals surface area contributed by atoms with Crippen LogP contribution < -0.4 is 0 Å². The topological polar surface area (TPSA) is 62.2 Å². The molecule has 0 unspecified atom stereocenters. The highest BCUT2D eigenvalue weighted by Gasteiger charge is 2.43. The maximum atomic E-state index is 12.8. The second kappa shape index (κ2) is 6.39. The van der Waals surface area contributed by atoms with Crippen LogP contribution in [0, 0.1) is 0 Å². The van der Waals surface area contributed by atoms with Crippen LogP contribution in [0.25, 0.3) is 22.0 Å². The van der Waals surface area contributed by atoms with E-state index in [0.717, 1.165) is 47.2 Å². The minimum Gasteiger partial charge on any atom is -0.336 e. The molecule has 5 rings (SSSR count). The first-order valence-corrected chi connectivity index (χ1v) is 9.34. The van der Waals surface area contributed by atoms with E-state index in [9.17, 15) is 4.79 Å². The molecule has 2 saturated heterocycles. The lowest BCUT2D eigenvalue weighted by Crippen LogP contribution is -2.47. The van der Waals surface area contributed by atoms with Crippen molar-refractivity contribution in [2.24, 2.45) is 0 Å². The Labute approximate surface area is 157 Å². The van der Waals surface area contributed by atoms with E-state index in [1.165, 1.54) is 0 Å². The first-order valence-electron chi connectivity index (χ1n) is 9.34. The van der Waals surface area contributed by atoms with Crippen LogP contribution in [0.4, 0.5) is 0 Å². The van der Waals surface area contributed by atoms with E-state index in [-0.39, 0.29) is 5.91 Å². The molecule has 2 fully saturated rings. The number of amides is 1. The molecular formula is C21H21N5O. The number of likely N-dealkylation sites (N-methyl/N-ethyl adjacent to an activating group) is 1. The van der Waals surface area contributed by atoms with Gasteiger partial charge in [0.05, 0.1) is 17.8 Å². The number of carbonyl (C=O) groups is 1. The van der Waals surface area contributed by atoms with Crippen LogP contribution in [-0.4, -0.2) is 63.1 Å². The maximum Gasteiger partial charge on any atom is 0.228 e. The summed E-state index contributed by atoms with van der Waals surface area (Å²) < 4.78 is 0. The van der Waals surface area contributed by atoms with Crippen LogP contribution in [0.15, 0.2) is 48.8 Å². The molecule has 1 aromatic carbocycles. The van der Waals surface area contributed by atoms with Crippen LogP contribution in [0.5, 0.6) is 0 Å². The van der Waals surface area contributed by atoms with Crippen molar-refractivity contribution in [1.82, 2.24) is 25.0 Å². The molecule has 0 spiro atoms. The van der Waals surface area contributed by atoms with Gasteiger partial charge < -0.3 is 4.90 Å². The van der Waals surface area contributed by atoms with Gasteiger partial charge in [0.1, 0.15) is 0 Å². The Kier molecular flexibility index (Phi) is 3.86. The predicted molar refractivity (Wildman–Crippen MR) is 103 cm³/mol. The summed E-state index contributed by atoms with van der Waals surface area (Å²) in [5, 5.41) is 10.3. The number of aromatic nitrogens is 3. The maximum absolute atomic E-state index is 12.8. The molecule has 2 aliphatic heterocycles. The molecule has 4 heterocycles. The number of nitrogens with zero attached hydrogens (tertiary/aromatic N) is 5. The molecule has 6 nitrogen and oxygen atoms in total. The normalized spacial score (nSPS) is 21.9. The van der Waals surface area contributed by atoms with Gasteiger partial charge in [-0.3, -0.25) is 14.7 Å². The fourth-order valence-corrected chi connectivity index (χ4v) is 4.33. The van der Waals surface area contributed by atoms with E-state index in [0.29, 0.717) is 18.5 Å². The monoisotopic (exact) mass is 359 g/mol. The van der Waals surface area contributed by atoms with Gasteiger partial charge >= 0.3 is 0 Å². The Balaban J connectivity index is 1.38. The number of hydrogen-bond acceptors (Lipinski definition) is 5. The molecule has 2 bridgehead atoms. The molecule has 0 saturated carbocycles. The molecule has 3 aromatic rings. The highest BCUT2D eigenvalue weighted by Crippen LogP contribution is 2.30. The van der Waals surface area contributed by atoms with E-state index in [4.69, 9.17) is 0 Å². The minimum atomic E-state index is 0.188. The Morgan fingerprint density at radius 2 is 2.07 bits per heavy atom. The Hall–Kier alpha value is -2.86. The lowest BCUT2D eigenvalue weighted by Gasteiger charge is -2.32. The summed E-state index contributed by atoms with van der Waals surface area (Å²) in [4.78, 5) is 21.7. The van der Waals surface area contributed by atoms with Crippen molar-refractivity contribution in [3.63, 3.8) is 0 Å². The Bertz CT molecular complexity index is 1000. The summed E-state index contributed by atoms with van der Waals surface area (Å²) in [5.74, 6) is 0.188. The van der Waals surface area contributed by atoms with Crippen molar-refractivity contribution in [1.29, 1.82) is 0 Å². The minimum absolute atomic E-state index is 0.188. The lowest BCUT2D eigenvalue weighted by atomic mass is 10.0. The summed E-state index contributed by atoms with van der Waals surface area (Å²) in [6, 6.07) is 12.9. The largest absolute Gasteiger partial charge is 0.336 e. The van der Waals surface area contributed by atoms with Gasteiger partial charge in [0.25, 0.3) is 0 Å². The third kappa shape index (κ3) is 2.96. The van der Waals surface area contributed by atoms with E-state index in [1.807, 2.05) is 41.4 Å². The summed E-state index contributed by atoms with van der Waals surface area (Å²) in [6.45, 7) is 1.84. The van der Waals surface area contributed by atoms with Crippen molar-refractivity contribution < 1.29 is 4.79 Å². The molecule has 6 heteroatoms. The fourth-order valence-electron chi connectivity index (χ4n) is 4.33. The molecule has 1 amide bonds. The summed E-state index contributed by atoms with van der Waals surface area (Å²) in [6.07, 6.45) is 4.98. The van der Waals surface area contributed by atoms with Gasteiger partial charge in [-0.1, -0.05) is 12.1 Å². The van der Waals surface area contributed by atoms with Crippen molar-refractivity contribution >= 4 is 16.7 Å². The number of pyridine rings is 1. The van der Waals surface area contributed by atoms with E-state index < -0.39 is 0 Å². The standard InChI is InChI=1S/C21H21N5O/c1-25-12-19-10-18(25)13-26(19)21(27)9-17-8-16-7-14(4-5-15(16)11-22-17)20-3-2-6-23-24-20/h2-8,11,18-19H,9-10,12-13H2,1H3/t18-,19-/m0/s1. The van der Waals surface area contributed by atoms with Gasteiger partial charge in [0, 0.05) is 48.5 Å². The lowest BCUT2D eigenvalue weighted by molar-refractivity contribution is -0.132. The Morgan fingerprint density at radius 1 is 1.15 bits per heavy atom. The smallest absolute Gasteiger partial charge is 0.228 e. The summed E-state index contributed by atoms with van der Waals surface area (Å²) >= 11 is 0. The van der Waals surface area contributed by atoms with Crippen molar-refractivity contribution in [2.75, 3.05) is 20.1 Å². The predicted octanol–water partition coefficient (Wildman–Crippen LogP) is 2.15. The molecule has 2 aromatic heterocycles. The highest BCUT2D eigenvalue weighted by molar-refractivity contribution is 5.87. The quantitative estimate of drug-likeness (QED) is 0.717. The first kappa shape index (κ1) is 16.3. The highest BCUT2D eigenvalue weighted by atomic mass is 16.2. The number of carbonyl (C=O) groups excluding carboxylic acids is 1. The third-order valence-corrected chi connectivity index (χ3v) is 5.81. The molecule has 0 aliphatic carbocycles. The van der Waals surface area contributed by atoms with Crippen LogP contribution in [0.3, 0.4) is 0 Å². The zero-order valence-corrected chi connectivity index (χ0v) is 15.2. The number of rotatable bonds is 3. The fraction of sp³-hybridized carbons (Fsp3) is 0.333. The van der Waals surface area contributed by atoms with Crippen molar-refractivity contribution in [3.05, 3.63) is 54.5 Å². The zero-order chi connectivity index (χ0) is 18.4. The van der Waals surface area contributed by atoms with E-state index in [2.05, 4.69) is 33.2 Å². The van der Waals surface area contributed by atoms with Gasteiger partial charge in [-0.15, -0.1) is 0 Å². The number of piperazine rings is 1. The number of benzene rings is 1. The number of fused-ring (bicyclic) bond motifs is 3. The first-order chi connectivity index (χ1) is 13.2. The molecule has 2 atom stereocenters. The van der Waals surface area contributed by atoms with Gasteiger partial charge in [0.15, 0.2) is 0 Å². The van der Waals surface area contributed by atoms with Crippen LogP contribution in [0.1, 0.15) is 12.1 Å². The van der Waals surface area contributed by atoms with Gasteiger partial charge in [-0.05, 0) is 43.1 Å². The summed E-state index contributed by atoms with van der Waals surface area (Å²) in [5.41, 5.74) is 2.67. The average Bonchev–Trinajstić information content (AvgIpc) is 3.27. The van der Waals surface area contributed by atoms with Gasteiger partial charge in [-0.25, -0.2) is 0 Å². The molecular weight excluding hydrogens is 338 g/mol. The second-order valence-electron chi connectivity index (χ2n) is 7.55. The third-order valence-electron chi connectivity index (χ3n) is 5.81.